The fraction of sp³-hybridized carbons (Fsp3) is 0.533. The summed E-state index contributed by atoms with van der Waals surface area (Å²) in [7, 11) is 0. The average Bonchev–Trinajstić information content (AvgIpc) is 2.33. The second-order valence-corrected chi connectivity index (χ2v) is 5.31. The molecule has 1 aromatic rings. The molecule has 0 N–H and O–H groups in total. The fourth-order valence-electron chi connectivity index (χ4n) is 2.33. The molecule has 0 bridgehead atoms. The van der Waals surface area contributed by atoms with Crippen molar-refractivity contribution >= 4 is 11.5 Å². The van der Waals surface area contributed by atoms with E-state index in [1.165, 1.54) is 11.3 Å². The van der Waals surface area contributed by atoms with E-state index in [-0.39, 0.29) is 5.92 Å². The predicted molar refractivity (Wildman–Crippen MR) is 71.5 cm³/mol. The number of Topliss-reactive ketones (excluding diaryl/α,β-unsaturated/α-hetero) is 1. The molecule has 2 heteroatoms. The normalized spacial score (nSPS) is 21.1. The zero-order valence-corrected chi connectivity index (χ0v) is 10.9. The van der Waals surface area contributed by atoms with Gasteiger partial charge < -0.3 is 4.90 Å². The van der Waals surface area contributed by atoms with E-state index in [2.05, 4.69) is 43.0 Å². The monoisotopic (exact) mass is 231 g/mol. The minimum absolute atomic E-state index is 0.173. The largest absolute Gasteiger partial charge is 0.370 e. The molecule has 0 amide bonds. The Balaban J connectivity index is 2.17. The van der Waals surface area contributed by atoms with E-state index in [0.717, 1.165) is 13.1 Å². The Kier molecular flexibility index (Phi) is 3.51. The molecule has 0 spiro atoms. The van der Waals surface area contributed by atoms with Crippen molar-refractivity contribution in [1.29, 1.82) is 0 Å². The summed E-state index contributed by atoms with van der Waals surface area (Å²) < 4.78 is 0. The van der Waals surface area contributed by atoms with Crippen molar-refractivity contribution in [2.75, 3.05) is 18.0 Å². The standard InChI is InChI=1S/C15H21NO/c1-11(2)13-5-4-6-14(9-13)16-8-7-15(17)12(3)10-16/h4-6,9,11-12H,7-8,10H2,1-3H3. The lowest BCUT2D eigenvalue weighted by molar-refractivity contribution is -0.122. The van der Waals surface area contributed by atoms with Gasteiger partial charge in [0, 0.05) is 31.1 Å². The van der Waals surface area contributed by atoms with Gasteiger partial charge in [-0.05, 0) is 23.6 Å². The number of carbonyl (C=O) groups excluding carboxylic acids is 1. The molecule has 0 aliphatic carbocycles. The first-order valence-electron chi connectivity index (χ1n) is 6.45. The summed E-state index contributed by atoms with van der Waals surface area (Å²) in [6.45, 7) is 8.18. The van der Waals surface area contributed by atoms with Gasteiger partial charge in [-0.3, -0.25) is 4.79 Å². The first kappa shape index (κ1) is 12.2. The van der Waals surface area contributed by atoms with Gasteiger partial charge in [-0.2, -0.15) is 0 Å². The Hall–Kier alpha value is -1.31. The molecule has 1 saturated heterocycles. The van der Waals surface area contributed by atoms with E-state index in [4.69, 9.17) is 0 Å². The van der Waals surface area contributed by atoms with Crippen LogP contribution < -0.4 is 4.90 Å². The van der Waals surface area contributed by atoms with Gasteiger partial charge in [-0.15, -0.1) is 0 Å². The lowest BCUT2D eigenvalue weighted by Crippen LogP contribution is -2.39. The van der Waals surface area contributed by atoms with Crippen molar-refractivity contribution in [3.8, 4) is 0 Å². The van der Waals surface area contributed by atoms with E-state index < -0.39 is 0 Å². The first-order valence-corrected chi connectivity index (χ1v) is 6.45. The zero-order valence-electron chi connectivity index (χ0n) is 10.9. The first-order chi connectivity index (χ1) is 8.08. The molecule has 2 nitrogen and oxygen atoms in total. The number of nitrogens with zero attached hydrogens (tertiary/aromatic N) is 1. The predicted octanol–water partition coefficient (Wildman–Crippen LogP) is 3.23. The molecular weight excluding hydrogens is 210 g/mol. The van der Waals surface area contributed by atoms with E-state index >= 15 is 0 Å². The second kappa shape index (κ2) is 4.91. The van der Waals surface area contributed by atoms with E-state index in [9.17, 15) is 4.79 Å². The van der Waals surface area contributed by atoms with Crippen molar-refractivity contribution < 1.29 is 4.79 Å². The highest BCUT2D eigenvalue weighted by Crippen LogP contribution is 2.24. The van der Waals surface area contributed by atoms with Crippen LogP contribution in [0.25, 0.3) is 0 Å². The minimum Gasteiger partial charge on any atom is -0.370 e. The number of piperidine rings is 1. The van der Waals surface area contributed by atoms with Crippen molar-refractivity contribution in [2.24, 2.45) is 5.92 Å². The van der Waals surface area contributed by atoms with Crippen LogP contribution in [0.15, 0.2) is 24.3 Å². The summed E-state index contributed by atoms with van der Waals surface area (Å²) in [4.78, 5) is 13.9. The van der Waals surface area contributed by atoms with Crippen LogP contribution in [0.3, 0.4) is 0 Å². The number of hydrogen-bond donors (Lipinski definition) is 0. The Bertz CT molecular complexity index is 411. The van der Waals surface area contributed by atoms with Gasteiger partial charge in [0.05, 0.1) is 0 Å². The Morgan fingerprint density at radius 1 is 1.35 bits per heavy atom. The lowest BCUT2D eigenvalue weighted by atomic mass is 9.97. The van der Waals surface area contributed by atoms with Gasteiger partial charge in [0.2, 0.25) is 0 Å². The summed E-state index contributed by atoms with van der Waals surface area (Å²) in [5.74, 6) is 1.13. The molecule has 1 aliphatic rings. The average molecular weight is 231 g/mol. The van der Waals surface area contributed by atoms with Crippen molar-refractivity contribution in [3.63, 3.8) is 0 Å². The van der Waals surface area contributed by atoms with Gasteiger partial charge in [0.15, 0.2) is 0 Å². The highest BCUT2D eigenvalue weighted by molar-refractivity contribution is 5.83. The fourth-order valence-corrected chi connectivity index (χ4v) is 2.33. The zero-order chi connectivity index (χ0) is 12.4. The van der Waals surface area contributed by atoms with Crippen LogP contribution in [-0.4, -0.2) is 18.9 Å². The highest BCUT2D eigenvalue weighted by atomic mass is 16.1. The maximum absolute atomic E-state index is 11.5. The van der Waals surface area contributed by atoms with Gasteiger partial charge >= 0.3 is 0 Å². The molecule has 1 heterocycles. The number of rotatable bonds is 2. The third-order valence-electron chi connectivity index (χ3n) is 3.57. The van der Waals surface area contributed by atoms with Crippen LogP contribution in [-0.2, 0) is 4.79 Å². The maximum Gasteiger partial charge on any atom is 0.139 e. The van der Waals surface area contributed by atoms with Crippen molar-refractivity contribution in [3.05, 3.63) is 29.8 Å². The third kappa shape index (κ3) is 2.68. The van der Waals surface area contributed by atoms with Gasteiger partial charge in [0.25, 0.3) is 0 Å². The van der Waals surface area contributed by atoms with Crippen LogP contribution in [0.1, 0.15) is 38.7 Å². The molecule has 17 heavy (non-hydrogen) atoms. The van der Waals surface area contributed by atoms with Crippen molar-refractivity contribution in [2.45, 2.75) is 33.1 Å². The Morgan fingerprint density at radius 3 is 2.76 bits per heavy atom. The number of anilines is 1. The topological polar surface area (TPSA) is 20.3 Å². The van der Waals surface area contributed by atoms with Crippen molar-refractivity contribution in [1.82, 2.24) is 0 Å². The third-order valence-corrected chi connectivity index (χ3v) is 3.57. The Labute approximate surface area is 104 Å². The quantitative estimate of drug-likeness (QED) is 0.779. The number of ketones is 1. The molecule has 92 valence electrons. The molecule has 0 saturated carbocycles. The van der Waals surface area contributed by atoms with Gasteiger partial charge in [-0.1, -0.05) is 32.9 Å². The molecule has 1 fully saturated rings. The number of benzene rings is 1. The molecule has 1 aliphatic heterocycles. The minimum atomic E-state index is 0.173. The van der Waals surface area contributed by atoms with Crippen LogP contribution in [0.5, 0.6) is 0 Å². The van der Waals surface area contributed by atoms with E-state index in [0.29, 0.717) is 18.1 Å². The summed E-state index contributed by atoms with van der Waals surface area (Å²) in [6.07, 6.45) is 0.688. The lowest BCUT2D eigenvalue weighted by Gasteiger charge is -2.32. The summed E-state index contributed by atoms with van der Waals surface area (Å²) in [5, 5.41) is 0. The number of carbonyl (C=O) groups is 1. The molecule has 1 unspecified atom stereocenters. The Morgan fingerprint density at radius 2 is 2.12 bits per heavy atom. The molecule has 0 aromatic heterocycles. The van der Waals surface area contributed by atoms with Gasteiger partial charge in [-0.25, -0.2) is 0 Å². The molecular formula is C15H21NO. The molecule has 2 rings (SSSR count). The van der Waals surface area contributed by atoms with Gasteiger partial charge in [0.1, 0.15) is 5.78 Å². The molecule has 0 radical (unpaired) electrons. The summed E-state index contributed by atoms with van der Waals surface area (Å²) in [5.41, 5.74) is 2.63. The number of hydrogen-bond acceptors (Lipinski definition) is 2. The van der Waals surface area contributed by atoms with Crippen LogP contribution in [0.2, 0.25) is 0 Å². The second-order valence-electron chi connectivity index (χ2n) is 5.31. The summed E-state index contributed by atoms with van der Waals surface area (Å²) >= 11 is 0. The van der Waals surface area contributed by atoms with Crippen LogP contribution in [0.4, 0.5) is 5.69 Å². The van der Waals surface area contributed by atoms with Crippen LogP contribution in [0, 0.1) is 5.92 Å². The maximum atomic E-state index is 11.5. The SMILES string of the molecule is CC1CN(c2cccc(C(C)C)c2)CCC1=O. The molecule has 1 atom stereocenters. The van der Waals surface area contributed by atoms with E-state index in [1.807, 2.05) is 6.92 Å². The molecule has 1 aromatic carbocycles. The van der Waals surface area contributed by atoms with Crippen LogP contribution >= 0.6 is 0 Å². The van der Waals surface area contributed by atoms with E-state index in [1.54, 1.807) is 0 Å². The summed E-state index contributed by atoms with van der Waals surface area (Å²) in [6, 6.07) is 8.69. The highest BCUT2D eigenvalue weighted by Gasteiger charge is 2.23. The smallest absolute Gasteiger partial charge is 0.139 e.